The van der Waals surface area contributed by atoms with Gasteiger partial charge in [-0.2, -0.15) is 4.57 Å². The molecule has 2 aromatic carbocycles. The predicted molar refractivity (Wildman–Crippen MR) is 162 cm³/mol. The van der Waals surface area contributed by atoms with Gasteiger partial charge in [-0.05, 0) is 24.6 Å². The zero-order chi connectivity index (χ0) is 28.4. The van der Waals surface area contributed by atoms with Gasteiger partial charge in [-0.1, -0.05) is 107 Å². The molecule has 1 heterocycles. The molecular weight excluding hydrogens is 523 g/mol. The first-order valence-corrected chi connectivity index (χ1v) is 15.9. The third-order valence-electron chi connectivity index (χ3n) is 7.04. The van der Waals surface area contributed by atoms with Crippen molar-refractivity contribution in [2.75, 3.05) is 18.5 Å². The minimum absolute atomic E-state index is 0.211. The molecular formula is C33H46FN2O3S+. The van der Waals surface area contributed by atoms with Crippen LogP contribution in [0.25, 0.3) is 0 Å². The molecule has 0 radical (unpaired) electrons. The number of unbranched alkanes of at least 4 members (excludes halogenated alkanes) is 11. The minimum atomic E-state index is -0.481. The summed E-state index contributed by atoms with van der Waals surface area (Å²) in [6.45, 7) is 5.27. The van der Waals surface area contributed by atoms with Gasteiger partial charge in [0.2, 0.25) is 5.51 Å². The molecule has 1 N–H and O–H groups in total. The number of nitrogens with one attached hydrogen (secondary N) is 1. The molecule has 0 bridgehead atoms. The summed E-state index contributed by atoms with van der Waals surface area (Å²) in [4.78, 5) is 12.5. The van der Waals surface area contributed by atoms with Crippen molar-refractivity contribution in [1.29, 1.82) is 0 Å². The third kappa shape index (κ3) is 11.7. The van der Waals surface area contributed by atoms with E-state index in [1.165, 1.54) is 70.3 Å². The number of rotatable bonds is 20. The Kier molecular flexibility index (Phi) is 14.6. The van der Waals surface area contributed by atoms with Gasteiger partial charge < -0.3 is 14.8 Å². The number of aromatic nitrogens is 1. The van der Waals surface area contributed by atoms with Crippen LogP contribution < -0.4 is 19.4 Å². The highest BCUT2D eigenvalue weighted by molar-refractivity contribution is 7.07. The van der Waals surface area contributed by atoms with E-state index in [0.29, 0.717) is 18.9 Å². The molecule has 3 rings (SSSR count). The molecule has 5 nitrogen and oxygen atoms in total. The molecule has 0 aliphatic carbocycles. The smallest absolute Gasteiger partial charge is 0.262 e. The van der Waals surface area contributed by atoms with Crippen LogP contribution in [0.2, 0.25) is 0 Å². The highest BCUT2D eigenvalue weighted by Gasteiger charge is 2.14. The van der Waals surface area contributed by atoms with Gasteiger partial charge in [0.15, 0.2) is 30.4 Å². The van der Waals surface area contributed by atoms with E-state index in [-0.39, 0.29) is 18.3 Å². The van der Waals surface area contributed by atoms with E-state index in [1.807, 2.05) is 24.3 Å². The Morgan fingerprint density at radius 3 is 2.23 bits per heavy atom. The average Bonchev–Trinajstić information content (AvgIpc) is 3.36. The molecule has 0 atom stereocenters. The summed E-state index contributed by atoms with van der Waals surface area (Å²) in [6.07, 6.45) is 15.3. The quantitative estimate of drug-likeness (QED) is 0.109. The van der Waals surface area contributed by atoms with Gasteiger partial charge in [-0.3, -0.25) is 4.79 Å². The second-order valence-corrected chi connectivity index (χ2v) is 11.2. The van der Waals surface area contributed by atoms with Gasteiger partial charge in [0.1, 0.15) is 5.75 Å². The molecule has 0 unspecified atom stereocenters. The molecule has 7 heteroatoms. The summed E-state index contributed by atoms with van der Waals surface area (Å²) in [7, 11) is 0. The van der Waals surface area contributed by atoms with Crippen LogP contribution in [-0.4, -0.2) is 19.1 Å². The third-order valence-corrected chi connectivity index (χ3v) is 7.89. The van der Waals surface area contributed by atoms with E-state index in [2.05, 4.69) is 34.6 Å². The maximum absolute atomic E-state index is 14.5. The summed E-state index contributed by atoms with van der Waals surface area (Å²) in [5.41, 5.74) is 4.96. The normalized spacial score (nSPS) is 11.0. The van der Waals surface area contributed by atoms with Gasteiger partial charge in [0.25, 0.3) is 5.91 Å². The fourth-order valence-electron chi connectivity index (χ4n) is 4.63. The van der Waals surface area contributed by atoms with E-state index >= 15 is 0 Å². The first kappa shape index (κ1) is 31.6. The molecule has 0 aliphatic rings. The lowest BCUT2D eigenvalue weighted by Gasteiger charge is -2.11. The van der Waals surface area contributed by atoms with Crippen molar-refractivity contribution in [1.82, 2.24) is 0 Å². The molecule has 1 amide bonds. The maximum Gasteiger partial charge on any atom is 0.262 e. The van der Waals surface area contributed by atoms with Crippen LogP contribution in [-0.2, 0) is 11.3 Å². The van der Waals surface area contributed by atoms with E-state index in [9.17, 15) is 9.18 Å². The molecule has 0 fully saturated rings. The van der Waals surface area contributed by atoms with Crippen LogP contribution in [0.15, 0.2) is 53.4 Å². The first-order chi connectivity index (χ1) is 19.6. The lowest BCUT2D eigenvalue weighted by molar-refractivity contribution is -0.689. The fraction of sp³-hybridized carbons (Fsp3) is 0.515. The van der Waals surface area contributed by atoms with Crippen LogP contribution in [0.3, 0.4) is 0 Å². The number of amides is 1. The topological polar surface area (TPSA) is 51.4 Å². The molecule has 1 aromatic heterocycles. The van der Waals surface area contributed by atoms with E-state index in [0.717, 1.165) is 29.8 Å². The minimum Gasteiger partial charge on any atom is -0.491 e. The number of carbonyl (C=O) groups excluding carboxylic acids is 1. The number of hydrogen-bond acceptors (Lipinski definition) is 4. The Bertz CT molecular complexity index is 1150. The number of benzene rings is 2. The van der Waals surface area contributed by atoms with Crippen LogP contribution in [0.5, 0.6) is 11.5 Å². The number of aryl methyl sites for hydroxylation is 1. The van der Waals surface area contributed by atoms with E-state index in [1.54, 1.807) is 23.5 Å². The van der Waals surface area contributed by atoms with Crippen molar-refractivity contribution in [3.8, 4) is 11.5 Å². The second-order valence-electron chi connectivity index (χ2n) is 10.5. The van der Waals surface area contributed by atoms with Crippen molar-refractivity contribution < 1.29 is 23.2 Å². The zero-order valence-electron chi connectivity index (χ0n) is 24.3. The number of para-hydroxylation sites is 1. The number of nitrogens with zero attached hydrogens (tertiary/aromatic N) is 1. The fourth-order valence-corrected chi connectivity index (χ4v) is 5.41. The molecule has 0 spiro atoms. The SMILES string of the molecule is CCCCCCCCCCCCCCOc1ccc(OCC(=O)Nc2ccccc2C[n+]2cscc2C)cc1F. The van der Waals surface area contributed by atoms with E-state index in [4.69, 9.17) is 9.47 Å². The van der Waals surface area contributed by atoms with Crippen molar-refractivity contribution >= 4 is 22.9 Å². The van der Waals surface area contributed by atoms with Crippen LogP contribution >= 0.6 is 11.3 Å². The van der Waals surface area contributed by atoms with Crippen molar-refractivity contribution in [2.24, 2.45) is 0 Å². The lowest BCUT2D eigenvalue weighted by atomic mass is 10.1. The van der Waals surface area contributed by atoms with Gasteiger partial charge in [-0.25, -0.2) is 4.39 Å². The molecule has 0 aliphatic heterocycles. The Hall–Kier alpha value is -2.93. The number of thiazole rings is 1. The van der Waals surface area contributed by atoms with Crippen molar-refractivity contribution in [3.63, 3.8) is 0 Å². The summed E-state index contributed by atoms with van der Waals surface area (Å²) in [5, 5.41) is 5.00. The first-order valence-electron chi connectivity index (χ1n) is 14.9. The molecule has 0 saturated heterocycles. The highest BCUT2D eigenvalue weighted by Crippen LogP contribution is 2.23. The van der Waals surface area contributed by atoms with Crippen LogP contribution in [0, 0.1) is 12.7 Å². The van der Waals surface area contributed by atoms with Gasteiger partial charge in [0, 0.05) is 18.6 Å². The molecule has 218 valence electrons. The van der Waals surface area contributed by atoms with Crippen LogP contribution in [0.1, 0.15) is 95.2 Å². The summed E-state index contributed by atoms with van der Waals surface area (Å²) in [5.74, 6) is -0.268. The Balaban J connectivity index is 1.30. The largest absolute Gasteiger partial charge is 0.491 e. The zero-order valence-corrected chi connectivity index (χ0v) is 25.1. The number of hydrogen-bond donors (Lipinski definition) is 1. The molecule has 0 saturated carbocycles. The number of halogens is 1. The number of carbonyl (C=O) groups is 1. The monoisotopic (exact) mass is 569 g/mol. The Morgan fingerprint density at radius 1 is 0.900 bits per heavy atom. The number of anilines is 1. The Labute approximate surface area is 243 Å². The summed E-state index contributed by atoms with van der Waals surface area (Å²) >= 11 is 1.64. The summed E-state index contributed by atoms with van der Waals surface area (Å²) < 4.78 is 27.9. The lowest BCUT2D eigenvalue weighted by Crippen LogP contribution is -2.35. The highest BCUT2D eigenvalue weighted by atomic mass is 32.1. The van der Waals surface area contributed by atoms with Gasteiger partial charge in [-0.15, -0.1) is 0 Å². The summed E-state index contributed by atoms with van der Waals surface area (Å²) in [6, 6.07) is 12.2. The standard InChI is InChI=1S/C33H45FN2O3S/c1-3-4-5-6-7-8-9-10-11-12-13-16-21-38-32-20-19-29(22-30(32)34)39-24-33(37)35-31-18-15-14-17-28(31)23-36-26-40-25-27(36)2/h14-15,17-20,22,25-26H,3-13,16,21,23-24H2,1-2H3/p+1. The van der Waals surface area contributed by atoms with Crippen molar-refractivity contribution in [2.45, 2.75) is 97.4 Å². The average molecular weight is 570 g/mol. The predicted octanol–water partition coefficient (Wildman–Crippen LogP) is 8.63. The molecule has 3 aromatic rings. The molecule has 40 heavy (non-hydrogen) atoms. The second kappa shape index (κ2) is 18.4. The maximum atomic E-state index is 14.5. The number of ether oxygens (including phenoxy) is 2. The van der Waals surface area contributed by atoms with Crippen LogP contribution in [0.4, 0.5) is 10.1 Å². The van der Waals surface area contributed by atoms with Gasteiger partial charge in [0.05, 0.1) is 17.7 Å². The Morgan fingerprint density at radius 2 is 1.57 bits per heavy atom. The van der Waals surface area contributed by atoms with Gasteiger partial charge >= 0.3 is 0 Å². The van der Waals surface area contributed by atoms with Crippen molar-refractivity contribution in [3.05, 3.63) is 70.4 Å². The van der Waals surface area contributed by atoms with E-state index < -0.39 is 5.82 Å².